The molecule has 0 aliphatic carbocycles. The van der Waals surface area contributed by atoms with Crippen molar-refractivity contribution in [1.82, 2.24) is 0 Å². The molecule has 1 aromatic heterocycles. The number of carbonyl (C=O) groups excluding carboxylic acids is 2. The van der Waals surface area contributed by atoms with E-state index in [1.54, 1.807) is 13.0 Å². The van der Waals surface area contributed by atoms with Gasteiger partial charge in [-0.2, -0.15) is 0 Å². The second-order valence-electron chi connectivity index (χ2n) is 5.50. The van der Waals surface area contributed by atoms with Crippen LogP contribution in [0.15, 0.2) is 24.3 Å². The standard InChI is InChI=1S/C17H18N2O6S/c1-9-7-13(11(3)26-9)17(21)25-10(2)16(20)18-14-6-5-12(24-4)8-15(14)19(22)23/h5-8,10H,1-4H3,(H,18,20). The Balaban J connectivity index is 2.11. The SMILES string of the molecule is COc1ccc(NC(=O)C(C)OC(=O)c2cc(C)sc2C)c([N+](=O)[O-])c1. The highest BCUT2D eigenvalue weighted by Gasteiger charge is 2.24. The number of nitro groups is 1. The zero-order valence-corrected chi connectivity index (χ0v) is 15.5. The van der Waals surface area contributed by atoms with Crippen LogP contribution in [0, 0.1) is 24.0 Å². The van der Waals surface area contributed by atoms with Crippen molar-refractivity contribution < 1.29 is 24.0 Å². The first kappa shape index (κ1) is 19.4. The molecule has 0 saturated carbocycles. The molecule has 2 rings (SSSR count). The van der Waals surface area contributed by atoms with E-state index in [-0.39, 0.29) is 17.1 Å². The monoisotopic (exact) mass is 378 g/mol. The third-order valence-corrected chi connectivity index (χ3v) is 4.54. The fraction of sp³-hybridized carbons (Fsp3) is 0.294. The second-order valence-corrected chi connectivity index (χ2v) is 6.96. The number of carbonyl (C=O) groups is 2. The van der Waals surface area contributed by atoms with E-state index < -0.39 is 22.9 Å². The van der Waals surface area contributed by atoms with E-state index in [9.17, 15) is 19.7 Å². The van der Waals surface area contributed by atoms with Crippen molar-refractivity contribution in [3.8, 4) is 5.75 Å². The number of methoxy groups -OCH3 is 1. The molecule has 0 spiro atoms. The average Bonchev–Trinajstić information content (AvgIpc) is 2.93. The summed E-state index contributed by atoms with van der Waals surface area (Å²) < 4.78 is 10.1. The van der Waals surface area contributed by atoms with Crippen LogP contribution in [0.5, 0.6) is 5.75 Å². The summed E-state index contributed by atoms with van der Waals surface area (Å²) in [5, 5.41) is 13.6. The zero-order valence-electron chi connectivity index (χ0n) is 14.7. The Hall–Kier alpha value is -2.94. The normalized spacial score (nSPS) is 11.5. The highest BCUT2D eigenvalue weighted by Crippen LogP contribution is 2.29. The molecule has 9 heteroatoms. The van der Waals surface area contributed by atoms with Crippen molar-refractivity contribution in [3.63, 3.8) is 0 Å². The lowest BCUT2D eigenvalue weighted by molar-refractivity contribution is -0.384. The van der Waals surface area contributed by atoms with Crippen molar-refractivity contribution in [2.24, 2.45) is 0 Å². The van der Waals surface area contributed by atoms with E-state index in [2.05, 4.69) is 5.32 Å². The van der Waals surface area contributed by atoms with Gasteiger partial charge in [-0.05, 0) is 39.0 Å². The van der Waals surface area contributed by atoms with Crippen LogP contribution in [0.2, 0.25) is 0 Å². The number of nitro benzene ring substituents is 1. The fourth-order valence-corrected chi connectivity index (χ4v) is 3.15. The van der Waals surface area contributed by atoms with Crippen LogP contribution in [0.4, 0.5) is 11.4 Å². The van der Waals surface area contributed by atoms with Crippen LogP contribution in [0.25, 0.3) is 0 Å². The summed E-state index contributed by atoms with van der Waals surface area (Å²) in [6.45, 7) is 5.06. The number of nitrogens with zero attached hydrogens (tertiary/aromatic N) is 1. The number of thiophene rings is 1. The lowest BCUT2D eigenvalue weighted by Crippen LogP contribution is -2.30. The van der Waals surface area contributed by atoms with Crippen molar-refractivity contribution in [1.29, 1.82) is 0 Å². The van der Waals surface area contributed by atoms with Crippen LogP contribution < -0.4 is 10.1 Å². The maximum atomic E-state index is 12.3. The number of ether oxygens (including phenoxy) is 2. The Bertz CT molecular complexity index is 861. The van der Waals surface area contributed by atoms with Crippen molar-refractivity contribution in [2.75, 3.05) is 12.4 Å². The molecule has 1 unspecified atom stereocenters. The number of anilines is 1. The van der Waals surface area contributed by atoms with E-state index >= 15 is 0 Å². The van der Waals surface area contributed by atoms with E-state index in [1.165, 1.54) is 43.6 Å². The highest BCUT2D eigenvalue weighted by molar-refractivity contribution is 7.12. The van der Waals surface area contributed by atoms with Gasteiger partial charge in [0.2, 0.25) is 0 Å². The van der Waals surface area contributed by atoms with Crippen LogP contribution in [-0.2, 0) is 9.53 Å². The molecular formula is C17H18N2O6S. The van der Waals surface area contributed by atoms with Gasteiger partial charge >= 0.3 is 5.97 Å². The third-order valence-electron chi connectivity index (χ3n) is 3.57. The van der Waals surface area contributed by atoms with Crippen molar-refractivity contribution >= 4 is 34.6 Å². The predicted octanol–water partition coefficient (Wildman–Crippen LogP) is 3.47. The van der Waals surface area contributed by atoms with E-state index in [0.29, 0.717) is 5.56 Å². The third kappa shape index (κ3) is 4.37. The summed E-state index contributed by atoms with van der Waals surface area (Å²) in [5.41, 5.74) is 0.0781. The topological polar surface area (TPSA) is 108 Å². The highest BCUT2D eigenvalue weighted by atomic mass is 32.1. The first-order chi connectivity index (χ1) is 12.2. The molecule has 138 valence electrons. The number of esters is 1. The van der Waals surface area contributed by atoms with Crippen LogP contribution in [0.3, 0.4) is 0 Å². The molecule has 1 N–H and O–H groups in total. The van der Waals surface area contributed by atoms with Gasteiger partial charge in [0.05, 0.1) is 23.7 Å². The average molecular weight is 378 g/mol. The molecule has 0 aliphatic rings. The number of amides is 1. The van der Waals surface area contributed by atoms with E-state index in [4.69, 9.17) is 9.47 Å². The quantitative estimate of drug-likeness (QED) is 0.468. The van der Waals surface area contributed by atoms with Gasteiger partial charge in [0, 0.05) is 9.75 Å². The van der Waals surface area contributed by atoms with Crippen LogP contribution in [0.1, 0.15) is 27.0 Å². The number of hydrogen-bond acceptors (Lipinski definition) is 7. The minimum atomic E-state index is -1.12. The van der Waals surface area contributed by atoms with E-state index in [0.717, 1.165) is 9.75 Å². The molecule has 0 aliphatic heterocycles. The smallest absolute Gasteiger partial charge is 0.340 e. The van der Waals surface area contributed by atoms with Gasteiger partial charge in [0.25, 0.3) is 11.6 Å². The Kier molecular flexibility index (Phi) is 5.93. The molecule has 1 aromatic carbocycles. The van der Waals surface area contributed by atoms with Gasteiger partial charge in [0.1, 0.15) is 11.4 Å². The molecule has 0 radical (unpaired) electrons. The van der Waals surface area contributed by atoms with E-state index in [1.807, 2.05) is 6.92 Å². The van der Waals surface area contributed by atoms with Gasteiger partial charge in [-0.15, -0.1) is 11.3 Å². The molecule has 1 amide bonds. The molecule has 1 atom stereocenters. The Labute approximate surface area is 153 Å². The lowest BCUT2D eigenvalue weighted by Gasteiger charge is -2.14. The largest absolute Gasteiger partial charge is 0.496 e. The van der Waals surface area contributed by atoms with Crippen molar-refractivity contribution in [3.05, 3.63) is 49.7 Å². The summed E-state index contributed by atoms with van der Waals surface area (Å²) in [6.07, 6.45) is -1.12. The summed E-state index contributed by atoms with van der Waals surface area (Å²) in [7, 11) is 1.38. The molecule has 0 saturated heterocycles. The number of aryl methyl sites for hydroxylation is 2. The minimum Gasteiger partial charge on any atom is -0.496 e. The Morgan fingerprint density at radius 3 is 2.50 bits per heavy atom. The van der Waals surface area contributed by atoms with Gasteiger partial charge in [-0.25, -0.2) is 4.79 Å². The van der Waals surface area contributed by atoms with Gasteiger partial charge < -0.3 is 14.8 Å². The fourth-order valence-electron chi connectivity index (χ4n) is 2.24. The molecule has 2 aromatic rings. The Morgan fingerprint density at radius 2 is 1.96 bits per heavy atom. The summed E-state index contributed by atoms with van der Waals surface area (Å²) in [6, 6.07) is 5.73. The summed E-state index contributed by atoms with van der Waals surface area (Å²) in [4.78, 5) is 36.7. The predicted molar refractivity (Wildman–Crippen MR) is 96.9 cm³/mol. The van der Waals surface area contributed by atoms with Gasteiger partial charge in [0.15, 0.2) is 6.10 Å². The molecule has 0 bridgehead atoms. The summed E-state index contributed by atoms with van der Waals surface area (Å²) in [5.74, 6) is -0.993. The summed E-state index contributed by atoms with van der Waals surface area (Å²) >= 11 is 1.46. The number of benzene rings is 1. The first-order valence-corrected chi connectivity index (χ1v) is 8.46. The van der Waals surface area contributed by atoms with Crippen LogP contribution in [-0.4, -0.2) is 30.0 Å². The van der Waals surface area contributed by atoms with Crippen molar-refractivity contribution in [2.45, 2.75) is 26.9 Å². The molecule has 8 nitrogen and oxygen atoms in total. The molecule has 1 heterocycles. The number of rotatable bonds is 6. The number of nitrogens with one attached hydrogen (secondary N) is 1. The van der Waals surface area contributed by atoms with Gasteiger partial charge in [-0.3, -0.25) is 14.9 Å². The minimum absolute atomic E-state index is 0.00810. The number of hydrogen-bond donors (Lipinski definition) is 1. The van der Waals surface area contributed by atoms with Gasteiger partial charge in [-0.1, -0.05) is 0 Å². The maximum absolute atomic E-state index is 12.3. The lowest BCUT2D eigenvalue weighted by atomic mass is 10.2. The second kappa shape index (κ2) is 7.96. The zero-order chi connectivity index (χ0) is 19.4. The van der Waals surface area contributed by atoms with Crippen LogP contribution >= 0.6 is 11.3 Å². The Morgan fingerprint density at radius 1 is 1.27 bits per heavy atom. The first-order valence-electron chi connectivity index (χ1n) is 7.64. The molecular weight excluding hydrogens is 360 g/mol. The molecule has 0 fully saturated rings. The maximum Gasteiger partial charge on any atom is 0.340 e. The molecule has 26 heavy (non-hydrogen) atoms.